The van der Waals surface area contributed by atoms with E-state index in [2.05, 4.69) is 36.5 Å². The first-order chi connectivity index (χ1) is 9.01. The van der Waals surface area contributed by atoms with Gasteiger partial charge in [-0.05, 0) is 29.8 Å². The lowest BCUT2D eigenvalue weighted by Crippen LogP contribution is -2.28. The second-order valence-corrected chi connectivity index (χ2v) is 4.90. The zero-order valence-corrected chi connectivity index (χ0v) is 12.4. The molecule has 0 aliphatic heterocycles. The van der Waals surface area contributed by atoms with Gasteiger partial charge < -0.3 is 9.84 Å². The normalized spacial score (nSPS) is 12.4. The van der Waals surface area contributed by atoms with Crippen molar-refractivity contribution >= 4 is 21.8 Å². The fourth-order valence-corrected chi connectivity index (χ4v) is 2.03. The van der Waals surface area contributed by atoms with Crippen LogP contribution in [0.5, 0.6) is 0 Å². The number of aromatic nitrogens is 4. The molecule has 2 aromatic heterocycles. The molecule has 19 heavy (non-hydrogen) atoms. The summed E-state index contributed by atoms with van der Waals surface area (Å²) in [5, 5.41) is 10.7. The molecule has 2 aromatic rings. The van der Waals surface area contributed by atoms with Crippen molar-refractivity contribution in [2.45, 2.75) is 33.4 Å². The number of nitrogens with zero attached hydrogens (tertiary/aromatic N) is 4. The van der Waals surface area contributed by atoms with Crippen LogP contribution in [0.4, 0.5) is 0 Å². The lowest BCUT2D eigenvalue weighted by Gasteiger charge is -2.08. The van der Waals surface area contributed by atoms with Gasteiger partial charge in [0.2, 0.25) is 5.89 Å². The molecular formula is C11H14BrN5O2. The van der Waals surface area contributed by atoms with E-state index in [1.165, 1.54) is 0 Å². The number of rotatable bonds is 4. The van der Waals surface area contributed by atoms with Crippen molar-refractivity contribution in [2.24, 2.45) is 0 Å². The van der Waals surface area contributed by atoms with E-state index in [1.54, 1.807) is 24.7 Å². The van der Waals surface area contributed by atoms with E-state index in [0.29, 0.717) is 28.4 Å². The van der Waals surface area contributed by atoms with Crippen LogP contribution in [0, 0.1) is 6.92 Å². The van der Waals surface area contributed by atoms with Crippen molar-refractivity contribution in [1.29, 1.82) is 0 Å². The lowest BCUT2D eigenvalue weighted by atomic mass is 10.3. The Morgan fingerprint density at radius 3 is 2.89 bits per heavy atom. The lowest BCUT2D eigenvalue weighted by molar-refractivity contribution is 0.0931. The highest BCUT2D eigenvalue weighted by atomic mass is 79.9. The largest absolute Gasteiger partial charge is 0.341 e. The Kier molecular flexibility index (Phi) is 3.98. The van der Waals surface area contributed by atoms with Crippen molar-refractivity contribution in [1.82, 2.24) is 25.2 Å². The molecule has 0 aromatic carbocycles. The number of hydrogen-bond acceptors (Lipinski definition) is 5. The zero-order valence-electron chi connectivity index (χ0n) is 10.8. The summed E-state index contributed by atoms with van der Waals surface area (Å²) in [4.78, 5) is 16.2. The minimum atomic E-state index is -0.344. The molecule has 7 nitrogen and oxygen atoms in total. The Morgan fingerprint density at radius 1 is 1.63 bits per heavy atom. The Morgan fingerprint density at radius 2 is 2.37 bits per heavy atom. The molecule has 8 heteroatoms. The molecule has 0 fully saturated rings. The van der Waals surface area contributed by atoms with Crippen molar-refractivity contribution in [3.8, 4) is 0 Å². The van der Waals surface area contributed by atoms with E-state index in [9.17, 15) is 4.79 Å². The van der Waals surface area contributed by atoms with Gasteiger partial charge in [-0.2, -0.15) is 10.1 Å². The number of amides is 1. The summed E-state index contributed by atoms with van der Waals surface area (Å²) in [6.07, 6.45) is 1.76. The molecule has 0 aliphatic carbocycles. The van der Waals surface area contributed by atoms with E-state index in [4.69, 9.17) is 4.52 Å². The van der Waals surface area contributed by atoms with Gasteiger partial charge >= 0.3 is 0 Å². The zero-order chi connectivity index (χ0) is 14.0. The molecule has 2 heterocycles. The average Bonchev–Trinajstić information content (AvgIpc) is 2.95. The van der Waals surface area contributed by atoms with E-state index < -0.39 is 0 Å². The number of hydrogen-bond donors (Lipinski definition) is 1. The van der Waals surface area contributed by atoms with Crippen molar-refractivity contribution in [2.75, 3.05) is 0 Å². The summed E-state index contributed by atoms with van der Waals surface area (Å²) in [6, 6.07) is -0.344. The van der Waals surface area contributed by atoms with Crippen LogP contribution in [-0.2, 0) is 6.54 Å². The fourth-order valence-electron chi connectivity index (χ4n) is 1.53. The number of carbonyl (C=O) groups excluding carboxylic acids is 1. The summed E-state index contributed by atoms with van der Waals surface area (Å²) in [5.41, 5.74) is 0.342. The summed E-state index contributed by atoms with van der Waals surface area (Å²) in [7, 11) is 0. The van der Waals surface area contributed by atoms with E-state index in [-0.39, 0.29) is 11.9 Å². The van der Waals surface area contributed by atoms with Crippen LogP contribution in [0.1, 0.15) is 42.1 Å². The van der Waals surface area contributed by atoms with E-state index in [1.807, 2.05) is 6.92 Å². The Bertz CT molecular complexity index is 592. The third-order valence-electron chi connectivity index (χ3n) is 2.53. The van der Waals surface area contributed by atoms with Crippen LogP contribution in [0.2, 0.25) is 0 Å². The van der Waals surface area contributed by atoms with Crippen LogP contribution in [0.25, 0.3) is 0 Å². The second kappa shape index (κ2) is 5.52. The molecule has 1 amide bonds. The first-order valence-electron chi connectivity index (χ1n) is 5.85. The number of nitrogens with one attached hydrogen (secondary N) is 1. The number of halogens is 1. The smallest absolute Gasteiger partial charge is 0.273 e. The quantitative estimate of drug-likeness (QED) is 0.926. The molecule has 0 bridgehead atoms. The molecule has 0 spiro atoms. The highest BCUT2D eigenvalue weighted by Gasteiger charge is 2.20. The third kappa shape index (κ3) is 3.01. The van der Waals surface area contributed by atoms with Gasteiger partial charge in [-0.25, -0.2) is 0 Å². The molecule has 1 unspecified atom stereocenters. The monoisotopic (exact) mass is 327 g/mol. The minimum Gasteiger partial charge on any atom is -0.341 e. The maximum Gasteiger partial charge on any atom is 0.273 e. The molecule has 1 N–H and O–H groups in total. The predicted octanol–water partition coefficient (Wildman–Crippen LogP) is 1.85. The minimum absolute atomic E-state index is 0.283. The molecule has 0 saturated heterocycles. The fraction of sp³-hybridized carbons (Fsp3) is 0.455. The van der Waals surface area contributed by atoms with Gasteiger partial charge in [0.1, 0.15) is 0 Å². The first kappa shape index (κ1) is 13.7. The summed E-state index contributed by atoms with van der Waals surface area (Å²) >= 11 is 3.31. The van der Waals surface area contributed by atoms with Gasteiger partial charge in [-0.1, -0.05) is 5.16 Å². The van der Waals surface area contributed by atoms with E-state index in [0.717, 1.165) is 0 Å². The van der Waals surface area contributed by atoms with Gasteiger partial charge in [0.15, 0.2) is 11.5 Å². The molecular weight excluding hydrogens is 314 g/mol. The summed E-state index contributed by atoms with van der Waals surface area (Å²) < 4.78 is 7.22. The highest BCUT2D eigenvalue weighted by molar-refractivity contribution is 9.10. The molecule has 0 radical (unpaired) electrons. The molecule has 0 aliphatic rings. The van der Waals surface area contributed by atoms with Gasteiger partial charge in [0.05, 0.1) is 10.5 Å². The number of carbonyl (C=O) groups is 1. The standard InChI is InChI=1S/C11H14BrN5O2/c1-4-17-5-8(12)9(15-17)11(18)13-6(2)10-14-7(3)19-16-10/h5-6H,4H2,1-3H3,(H,13,18). The summed E-state index contributed by atoms with van der Waals surface area (Å²) in [6.45, 7) is 6.13. The molecule has 102 valence electrons. The van der Waals surface area contributed by atoms with Crippen LogP contribution in [-0.4, -0.2) is 25.8 Å². The van der Waals surface area contributed by atoms with Crippen LogP contribution in [0.3, 0.4) is 0 Å². The molecule has 1 atom stereocenters. The van der Waals surface area contributed by atoms with Gasteiger partial charge in [0, 0.05) is 19.7 Å². The van der Waals surface area contributed by atoms with Crippen LogP contribution < -0.4 is 5.32 Å². The second-order valence-electron chi connectivity index (χ2n) is 4.05. The van der Waals surface area contributed by atoms with Crippen LogP contribution >= 0.6 is 15.9 Å². The average molecular weight is 328 g/mol. The van der Waals surface area contributed by atoms with E-state index >= 15 is 0 Å². The maximum atomic E-state index is 12.1. The predicted molar refractivity (Wildman–Crippen MR) is 70.5 cm³/mol. The maximum absolute atomic E-state index is 12.1. The topological polar surface area (TPSA) is 85.8 Å². The Hall–Kier alpha value is -1.70. The first-order valence-corrected chi connectivity index (χ1v) is 6.64. The SMILES string of the molecule is CCn1cc(Br)c(C(=O)NC(C)c2noc(C)n2)n1. The van der Waals surface area contributed by atoms with Gasteiger partial charge in [0.25, 0.3) is 5.91 Å². The number of aryl methyl sites for hydroxylation is 2. The molecule has 2 rings (SSSR count). The van der Waals surface area contributed by atoms with Gasteiger partial charge in [-0.15, -0.1) is 0 Å². The highest BCUT2D eigenvalue weighted by Crippen LogP contribution is 2.16. The molecule has 0 saturated carbocycles. The van der Waals surface area contributed by atoms with Gasteiger partial charge in [-0.3, -0.25) is 9.48 Å². The van der Waals surface area contributed by atoms with Crippen molar-refractivity contribution in [3.05, 3.63) is 28.1 Å². The summed E-state index contributed by atoms with van der Waals surface area (Å²) in [5.74, 6) is 0.624. The third-order valence-corrected chi connectivity index (χ3v) is 3.11. The Balaban J connectivity index is 2.10. The van der Waals surface area contributed by atoms with Crippen LogP contribution in [0.15, 0.2) is 15.2 Å². The van der Waals surface area contributed by atoms with Crippen molar-refractivity contribution in [3.63, 3.8) is 0 Å². The Labute approximate surface area is 118 Å². The van der Waals surface area contributed by atoms with Crippen molar-refractivity contribution < 1.29 is 9.32 Å².